The maximum atomic E-state index is 11.8. The predicted octanol–water partition coefficient (Wildman–Crippen LogP) is 1.88. The van der Waals surface area contributed by atoms with Crippen molar-refractivity contribution in [2.24, 2.45) is 5.84 Å². The topological polar surface area (TPSA) is 47.3 Å². The molecular formula is C8H10F2N2O. The highest BCUT2D eigenvalue weighted by Crippen LogP contribution is 2.21. The minimum atomic E-state index is -2.80. The lowest BCUT2D eigenvalue weighted by Crippen LogP contribution is -2.08. The molecule has 0 aliphatic carbocycles. The van der Waals surface area contributed by atoms with Gasteiger partial charge in [0, 0.05) is 0 Å². The zero-order chi connectivity index (χ0) is 9.84. The minimum absolute atomic E-state index is 0.131. The van der Waals surface area contributed by atoms with Gasteiger partial charge in [-0.05, 0) is 30.7 Å². The van der Waals surface area contributed by atoms with Gasteiger partial charge in [0.1, 0.15) is 5.75 Å². The Hall–Kier alpha value is -1.36. The maximum Gasteiger partial charge on any atom is 0.387 e. The molecule has 0 unspecified atom stereocenters. The molecule has 0 amide bonds. The number of ether oxygens (including phenoxy) is 1. The normalized spacial score (nSPS) is 10.2. The molecule has 0 saturated heterocycles. The van der Waals surface area contributed by atoms with Gasteiger partial charge < -0.3 is 10.2 Å². The van der Waals surface area contributed by atoms with E-state index in [0.29, 0.717) is 5.69 Å². The molecule has 1 rings (SSSR count). The van der Waals surface area contributed by atoms with Gasteiger partial charge in [-0.3, -0.25) is 5.84 Å². The highest BCUT2D eigenvalue weighted by molar-refractivity contribution is 5.52. The summed E-state index contributed by atoms with van der Waals surface area (Å²) in [5.41, 5.74) is 3.87. The van der Waals surface area contributed by atoms with Crippen LogP contribution in [0.15, 0.2) is 18.2 Å². The summed E-state index contributed by atoms with van der Waals surface area (Å²) in [6.07, 6.45) is 0. The summed E-state index contributed by atoms with van der Waals surface area (Å²) < 4.78 is 27.7. The summed E-state index contributed by atoms with van der Waals surface area (Å²) in [6, 6.07) is 4.49. The Labute approximate surface area is 74.5 Å². The second kappa shape index (κ2) is 4.04. The Morgan fingerprint density at radius 2 is 2.15 bits per heavy atom. The van der Waals surface area contributed by atoms with E-state index in [0.717, 1.165) is 5.56 Å². The van der Waals surface area contributed by atoms with E-state index in [4.69, 9.17) is 5.84 Å². The number of rotatable bonds is 3. The highest BCUT2D eigenvalue weighted by atomic mass is 19.3. The molecule has 3 nitrogen and oxygen atoms in total. The van der Waals surface area contributed by atoms with Crippen molar-refractivity contribution in [3.8, 4) is 5.75 Å². The average molecular weight is 188 g/mol. The molecule has 3 N–H and O–H groups in total. The molecule has 0 heterocycles. The molecule has 0 radical (unpaired) electrons. The van der Waals surface area contributed by atoms with Crippen molar-refractivity contribution in [1.29, 1.82) is 0 Å². The molecule has 0 aliphatic heterocycles. The van der Waals surface area contributed by atoms with Crippen molar-refractivity contribution in [2.75, 3.05) is 5.43 Å². The number of nitrogen functional groups attached to an aromatic ring is 1. The SMILES string of the molecule is Cc1cc(OC(F)F)ccc1NN. The Morgan fingerprint density at radius 1 is 1.46 bits per heavy atom. The van der Waals surface area contributed by atoms with Gasteiger partial charge in [0.2, 0.25) is 0 Å². The number of hydrogen-bond acceptors (Lipinski definition) is 3. The third-order valence-corrected chi connectivity index (χ3v) is 1.58. The molecule has 0 aliphatic rings. The summed E-state index contributed by atoms with van der Waals surface area (Å²) in [5.74, 6) is 5.29. The van der Waals surface area contributed by atoms with Crippen molar-refractivity contribution in [3.05, 3.63) is 23.8 Å². The average Bonchev–Trinajstić information content (AvgIpc) is 2.03. The lowest BCUT2D eigenvalue weighted by atomic mass is 10.2. The van der Waals surface area contributed by atoms with Crippen molar-refractivity contribution in [1.82, 2.24) is 0 Å². The van der Waals surface area contributed by atoms with Crippen LogP contribution in [0.3, 0.4) is 0 Å². The van der Waals surface area contributed by atoms with Crippen molar-refractivity contribution < 1.29 is 13.5 Å². The molecule has 1 aromatic rings. The van der Waals surface area contributed by atoms with Gasteiger partial charge in [-0.1, -0.05) is 0 Å². The first kappa shape index (κ1) is 9.73. The maximum absolute atomic E-state index is 11.8. The number of aryl methyl sites for hydroxylation is 1. The molecule has 0 fully saturated rings. The number of nitrogens with one attached hydrogen (secondary N) is 1. The predicted molar refractivity (Wildman–Crippen MR) is 45.6 cm³/mol. The van der Waals surface area contributed by atoms with Crippen LogP contribution in [-0.4, -0.2) is 6.61 Å². The molecule has 72 valence electrons. The van der Waals surface area contributed by atoms with E-state index in [9.17, 15) is 8.78 Å². The third kappa shape index (κ3) is 2.55. The summed E-state index contributed by atoms with van der Waals surface area (Å²) in [7, 11) is 0. The van der Waals surface area contributed by atoms with E-state index >= 15 is 0 Å². The van der Waals surface area contributed by atoms with E-state index in [1.807, 2.05) is 0 Å². The summed E-state index contributed by atoms with van der Waals surface area (Å²) in [6.45, 7) is -1.05. The second-order valence-electron chi connectivity index (χ2n) is 2.50. The van der Waals surface area contributed by atoms with E-state index in [2.05, 4.69) is 10.2 Å². The van der Waals surface area contributed by atoms with E-state index in [-0.39, 0.29) is 5.75 Å². The van der Waals surface area contributed by atoms with Gasteiger partial charge in [0.05, 0.1) is 5.69 Å². The number of hydrogen-bond donors (Lipinski definition) is 2. The first-order chi connectivity index (χ1) is 6.13. The van der Waals surface area contributed by atoms with Gasteiger partial charge in [-0.25, -0.2) is 0 Å². The van der Waals surface area contributed by atoms with Gasteiger partial charge in [-0.15, -0.1) is 0 Å². The number of hydrazine groups is 1. The van der Waals surface area contributed by atoms with Gasteiger partial charge in [0.15, 0.2) is 0 Å². The van der Waals surface area contributed by atoms with Gasteiger partial charge in [0.25, 0.3) is 0 Å². The Morgan fingerprint density at radius 3 is 2.62 bits per heavy atom. The lowest BCUT2D eigenvalue weighted by Gasteiger charge is -2.08. The quantitative estimate of drug-likeness (QED) is 0.562. The third-order valence-electron chi connectivity index (χ3n) is 1.58. The highest BCUT2D eigenvalue weighted by Gasteiger charge is 2.05. The van der Waals surface area contributed by atoms with Crippen LogP contribution in [0.4, 0.5) is 14.5 Å². The monoisotopic (exact) mass is 188 g/mol. The van der Waals surface area contributed by atoms with Gasteiger partial charge in [-0.2, -0.15) is 8.78 Å². The van der Waals surface area contributed by atoms with Crippen LogP contribution < -0.4 is 16.0 Å². The molecule has 13 heavy (non-hydrogen) atoms. The number of alkyl halides is 2. The molecule has 5 heteroatoms. The van der Waals surface area contributed by atoms with Crippen molar-refractivity contribution in [2.45, 2.75) is 13.5 Å². The molecule has 0 spiro atoms. The van der Waals surface area contributed by atoms with Crippen LogP contribution in [-0.2, 0) is 0 Å². The lowest BCUT2D eigenvalue weighted by molar-refractivity contribution is -0.0498. The van der Waals surface area contributed by atoms with E-state index < -0.39 is 6.61 Å². The molecule has 0 bridgehead atoms. The Bertz CT molecular complexity index is 291. The standard InChI is InChI=1S/C8H10F2N2O/c1-5-4-6(13-8(9)10)2-3-7(5)12-11/h2-4,8,12H,11H2,1H3. The fraction of sp³-hybridized carbons (Fsp3) is 0.250. The van der Waals surface area contributed by atoms with Crippen LogP contribution in [0.25, 0.3) is 0 Å². The second-order valence-corrected chi connectivity index (χ2v) is 2.50. The van der Waals surface area contributed by atoms with Crippen LogP contribution in [0.5, 0.6) is 5.75 Å². The minimum Gasteiger partial charge on any atom is -0.435 e. The first-order valence-corrected chi connectivity index (χ1v) is 3.65. The molecule has 0 aromatic heterocycles. The molecular weight excluding hydrogens is 178 g/mol. The zero-order valence-corrected chi connectivity index (χ0v) is 7.05. The van der Waals surface area contributed by atoms with Gasteiger partial charge >= 0.3 is 6.61 Å². The molecule has 0 atom stereocenters. The number of nitrogens with two attached hydrogens (primary N) is 1. The Balaban J connectivity index is 2.83. The zero-order valence-electron chi connectivity index (χ0n) is 7.05. The first-order valence-electron chi connectivity index (χ1n) is 3.65. The smallest absolute Gasteiger partial charge is 0.387 e. The van der Waals surface area contributed by atoms with E-state index in [1.165, 1.54) is 12.1 Å². The van der Waals surface area contributed by atoms with Crippen LogP contribution in [0.2, 0.25) is 0 Å². The van der Waals surface area contributed by atoms with E-state index in [1.54, 1.807) is 13.0 Å². The Kier molecular flexibility index (Phi) is 3.02. The van der Waals surface area contributed by atoms with Crippen LogP contribution in [0, 0.1) is 6.92 Å². The molecule has 0 saturated carbocycles. The summed E-state index contributed by atoms with van der Waals surface area (Å²) >= 11 is 0. The largest absolute Gasteiger partial charge is 0.435 e. The fourth-order valence-electron chi connectivity index (χ4n) is 0.974. The summed E-state index contributed by atoms with van der Waals surface area (Å²) in [5, 5.41) is 0. The van der Waals surface area contributed by atoms with Crippen LogP contribution >= 0.6 is 0 Å². The fourth-order valence-corrected chi connectivity index (χ4v) is 0.974. The number of benzene rings is 1. The number of anilines is 1. The summed E-state index contributed by atoms with van der Waals surface area (Å²) in [4.78, 5) is 0. The molecule has 1 aromatic carbocycles. The van der Waals surface area contributed by atoms with Crippen molar-refractivity contribution >= 4 is 5.69 Å². The van der Waals surface area contributed by atoms with Crippen molar-refractivity contribution in [3.63, 3.8) is 0 Å². The van der Waals surface area contributed by atoms with Crippen LogP contribution in [0.1, 0.15) is 5.56 Å². The number of halogens is 2.